The molecule has 0 fully saturated rings. The van der Waals surface area contributed by atoms with E-state index in [9.17, 15) is 9.50 Å². The fourth-order valence-electron chi connectivity index (χ4n) is 1.94. The van der Waals surface area contributed by atoms with Crippen molar-refractivity contribution in [1.29, 1.82) is 0 Å². The van der Waals surface area contributed by atoms with Crippen LogP contribution >= 0.6 is 11.6 Å². The average Bonchev–Trinajstić information content (AvgIpc) is 2.41. The van der Waals surface area contributed by atoms with Crippen molar-refractivity contribution in [2.75, 3.05) is 7.11 Å². The standard InChI is InChI=1S/C15H14ClFO2/c1-9-7-11(19-2)4-5-12(9)15(18)10-3-6-14(17)13(16)8-10/h3-8,15,18H,1-2H3. The van der Waals surface area contributed by atoms with E-state index in [1.807, 2.05) is 13.0 Å². The van der Waals surface area contributed by atoms with Crippen LogP contribution in [0.2, 0.25) is 5.02 Å². The Morgan fingerprint density at radius 3 is 2.53 bits per heavy atom. The lowest BCUT2D eigenvalue weighted by Gasteiger charge is -2.15. The second-order valence-electron chi connectivity index (χ2n) is 4.30. The first-order valence-electron chi connectivity index (χ1n) is 5.80. The molecule has 0 aromatic heterocycles. The van der Waals surface area contributed by atoms with Crippen molar-refractivity contribution in [2.45, 2.75) is 13.0 Å². The van der Waals surface area contributed by atoms with Crippen LogP contribution in [0, 0.1) is 12.7 Å². The molecule has 2 nitrogen and oxygen atoms in total. The van der Waals surface area contributed by atoms with Gasteiger partial charge >= 0.3 is 0 Å². The maximum Gasteiger partial charge on any atom is 0.141 e. The van der Waals surface area contributed by atoms with E-state index in [1.54, 1.807) is 19.2 Å². The first kappa shape index (κ1) is 13.8. The highest BCUT2D eigenvalue weighted by Crippen LogP contribution is 2.29. The molecular formula is C15H14ClFO2. The normalized spacial score (nSPS) is 12.3. The van der Waals surface area contributed by atoms with Gasteiger partial charge in [0.15, 0.2) is 0 Å². The second kappa shape index (κ2) is 5.59. The Morgan fingerprint density at radius 1 is 1.21 bits per heavy atom. The van der Waals surface area contributed by atoms with Crippen LogP contribution in [0.25, 0.3) is 0 Å². The molecule has 0 spiro atoms. The molecule has 0 amide bonds. The molecule has 1 N–H and O–H groups in total. The molecule has 1 unspecified atom stereocenters. The summed E-state index contributed by atoms with van der Waals surface area (Å²) in [6, 6.07) is 9.61. The number of hydrogen-bond acceptors (Lipinski definition) is 2. The fraction of sp³-hybridized carbons (Fsp3) is 0.200. The van der Waals surface area contributed by atoms with Crippen molar-refractivity contribution >= 4 is 11.6 Å². The van der Waals surface area contributed by atoms with Crippen molar-refractivity contribution < 1.29 is 14.2 Å². The van der Waals surface area contributed by atoms with Gasteiger partial charge in [-0.05, 0) is 47.9 Å². The van der Waals surface area contributed by atoms with Crippen molar-refractivity contribution in [3.05, 3.63) is 63.9 Å². The third-order valence-corrected chi connectivity index (χ3v) is 3.32. The molecule has 0 aliphatic carbocycles. The van der Waals surface area contributed by atoms with E-state index in [-0.39, 0.29) is 5.02 Å². The summed E-state index contributed by atoms with van der Waals surface area (Å²) in [5.41, 5.74) is 2.19. The van der Waals surface area contributed by atoms with Crippen LogP contribution in [0.15, 0.2) is 36.4 Å². The lowest BCUT2D eigenvalue weighted by molar-refractivity contribution is 0.219. The molecule has 0 radical (unpaired) electrons. The van der Waals surface area contributed by atoms with Gasteiger partial charge in [-0.3, -0.25) is 0 Å². The highest BCUT2D eigenvalue weighted by molar-refractivity contribution is 6.30. The number of aryl methyl sites for hydroxylation is 1. The molecule has 4 heteroatoms. The van der Waals surface area contributed by atoms with Crippen LogP contribution in [-0.2, 0) is 0 Å². The summed E-state index contributed by atoms with van der Waals surface area (Å²) in [6.45, 7) is 1.88. The SMILES string of the molecule is COc1ccc(C(O)c2ccc(F)c(Cl)c2)c(C)c1. The van der Waals surface area contributed by atoms with Gasteiger partial charge in [0.2, 0.25) is 0 Å². The Balaban J connectivity index is 2.38. The summed E-state index contributed by atoms with van der Waals surface area (Å²) < 4.78 is 18.2. The van der Waals surface area contributed by atoms with Crippen LogP contribution in [0.3, 0.4) is 0 Å². The maximum atomic E-state index is 13.1. The Hall–Kier alpha value is -1.58. The number of aliphatic hydroxyl groups is 1. The quantitative estimate of drug-likeness (QED) is 0.924. The highest BCUT2D eigenvalue weighted by atomic mass is 35.5. The Bertz CT molecular complexity index is 599. The summed E-state index contributed by atoms with van der Waals surface area (Å²) in [5.74, 6) is 0.231. The fourth-order valence-corrected chi connectivity index (χ4v) is 2.13. The van der Waals surface area contributed by atoms with E-state index in [4.69, 9.17) is 16.3 Å². The smallest absolute Gasteiger partial charge is 0.141 e. The van der Waals surface area contributed by atoms with Crippen LogP contribution in [0.5, 0.6) is 5.75 Å². The molecular weight excluding hydrogens is 267 g/mol. The maximum absolute atomic E-state index is 13.1. The van der Waals surface area contributed by atoms with Gasteiger partial charge in [0.25, 0.3) is 0 Å². The van der Waals surface area contributed by atoms with Crippen molar-refractivity contribution in [2.24, 2.45) is 0 Å². The van der Waals surface area contributed by atoms with Crippen LogP contribution in [-0.4, -0.2) is 12.2 Å². The molecule has 0 saturated heterocycles. The third-order valence-electron chi connectivity index (χ3n) is 3.03. The minimum atomic E-state index is -0.844. The van der Waals surface area contributed by atoms with Gasteiger partial charge in [-0.25, -0.2) is 4.39 Å². The zero-order chi connectivity index (χ0) is 14.0. The monoisotopic (exact) mass is 280 g/mol. The van der Waals surface area contributed by atoms with Crippen LogP contribution in [0.1, 0.15) is 22.8 Å². The molecule has 0 heterocycles. The van der Waals surface area contributed by atoms with E-state index in [2.05, 4.69) is 0 Å². The predicted octanol–water partition coefficient (Wildman–Crippen LogP) is 3.88. The zero-order valence-electron chi connectivity index (χ0n) is 10.7. The largest absolute Gasteiger partial charge is 0.497 e. The predicted molar refractivity (Wildman–Crippen MR) is 73.2 cm³/mol. The number of hydrogen-bond donors (Lipinski definition) is 1. The number of benzene rings is 2. The van der Waals surface area contributed by atoms with E-state index in [1.165, 1.54) is 18.2 Å². The van der Waals surface area contributed by atoms with Gasteiger partial charge in [0.1, 0.15) is 17.7 Å². The Kier molecular flexibility index (Phi) is 4.08. The number of rotatable bonds is 3. The van der Waals surface area contributed by atoms with Gasteiger partial charge in [-0.1, -0.05) is 23.7 Å². The van der Waals surface area contributed by atoms with Crippen molar-refractivity contribution in [3.63, 3.8) is 0 Å². The minimum Gasteiger partial charge on any atom is -0.497 e. The van der Waals surface area contributed by atoms with Crippen LogP contribution in [0.4, 0.5) is 4.39 Å². The van der Waals surface area contributed by atoms with E-state index >= 15 is 0 Å². The molecule has 0 aliphatic heterocycles. The van der Waals surface area contributed by atoms with Gasteiger partial charge in [0, 0.05) is 0 Å². The molecule has 100 valence electrons. The minimum absolute atomic E-state index is 0.00251. The van der Waals surface area contributed by atoms with E-state index < -0.39 is 11.9 Å². The molecule has 2 aromatic rings. The second-order valence-corrected chi connectivity index (χ2v) is 4.71. The molecule has 0 aliphatic rings. The highest BCUT2D eigenvalue weighted by Gasteiger charge is 2.15. The molecule has 0 saturated carbocycles. The van der Waals surface area contributed by atoms with E-state index in [0.717, 1.165) is 16.9 Å². The van der Waals surface area contributed by atoms with Crippen LogP contribution < -0.4 is 4.74 Å². The Labute approximate surface area is 116 Å². The first-order valence-corrected chi connectivity index (χ1v) is 6.18. The van der Waals surface area contributed by atoms with Gasteiger partial charge in [-0.15, -0.1) is 0 Å². The summed E-state index contributed by atoms with van der Waals surface area (Å²) in [4.78, 5) is 0. The van der Waals surface area contributed by atoms with Gasteiger partial charge in [-0.2, -0.15) is 0 Å². The van der Waals surface area contributed by atoms with Crippen molar-refractivity contribution in [1.82, 2.24) is 0 Å². The van der Waals surface area contributed by atoms with Gasteiger partial charge < -0.3 is 9.84 Å². The number of aliphatic hydroxyl groups excluding tert-OH is 1. The van der Waals surface area contributed by atoms with Gasteiger partial charge in [0.05, 0.1) is 12.1 Å². The van der Waals surface area contributed by atoms with E-state index in [0.29, 0.717) is 5.56 Å². The third kappa shape index (κ3) is 2.88. The molecule has 2 rings (SSSR count). The lowest BCUT2D eigenvalue weighted by atomic mass is 9.97. The molecule has 19 heavy (non-hydrogen) atoms. The lowest BCUT2D eigenvalue weighted by Crippen LogP contribution is -2.02. The summed E-state index contributed by atoms with van der Waals surface area (Å²) in [7, 11) is 1.59. The molecule has 2 aromatic carbocycles. The number of halogens is 2. The molecule has 0 bridgehead atoms. The zero-order valence-corrected chi connectivity index (χ0v) is 11.4. The number of ether oxygens (including phenoxy) is 1. The summed E-state index contributed by atoms with van der Waals surface area (Å²) in [5, 5.41) is 10.3. The average molecular weight is 281 g/mol. The first-order chi connectivity index (χ1) is 9.02. The Morgan fingerprint density at radius 2 is 1.95 bits per heavy atom. The summed E-state index contributed by atoms with van der Waals surface area (Å²) in [6.07, 6.45) is -0.844. The topological polar surface area (TPSA) is 29.5 Å². The molecule has 1 atom stereocenters. The summed E-state index contributed by atoms with van der Waals surface area (Å²) >= 11 is 5.73. The van der Waals surface area contributed by atoms with Crippen molar-refractivity contribution in [3.8, 4) is 5.75 Å². The number of methoxy groups -OCH3 is 1.